The Morgan fingerprint density at radius 2 is 2.00 bits per heavy atom. The highest BCUT2D eigenvalue weighted by Crippen LogP contribution is 2.21. The number of pyridine rings is 1. The third kappa shape index (κ3) is 5.15. The summed E-state index contributed by atoms with van der Waals surface area (Å²) in [6.07, 6.45) is 7.71. The lowest BCUT2D eigenvalue weighted by Gasteiger charge is -2.25. The normalized spacial score (nSPS) is 20.0. The third-order valence-corrected chi connectivity index (χ3v) is 4.88. The van der Waals surface area contributed by atoms with Crippen LogP contribution in [0.2, 0.25) is 0 Å². The average Bonchev–Trinajstić information content (AvgIpc) is 2.97. The number of hydrogen-bond acceptors (Lipinski definition) is 3. The lowest BCUT2D eigenvalue weighted by Crippen LogP contribution is -2.37. The molecule has 1 aliphatic rings. The van der Waals surface area contributed by atoms with Crippen molar-refractivity contribution >= 4 is 6.08 Å². The Kier molecular flexibility index (Phi) is 6.37. The van der Waals surface area contributed by atoms with Crippen LogP contribution in [0.25, 0.3) is 6.08 Å². The van der Waals surface area contributed by atoms with E-state index in [1.165, 1.54) is 25.1 Å². The van der Waals surface area contributed by atoms with E-state index in [4.69, 9.17) is 0 Å². The summed E-state index contributed by atoms with van der Waals surface area (Å²) in [5, 5.41) is 0. The third-order valence-electron chi connectivity index (χ3n) is 4.88. The second-order valence-electron chi connectivity index (χ2n) is 7.55. The van der Waals surface area contributed by atoms with Gasteiger partial charge in [-0.25, -0.2) is 0 Å². The van der Waals surface area contributed by atoms with Crippen molar-refractivity contribution in [3.8, 4) is 0 Å². The van der Waals surface area contributed by atoms with E-state index in [0.717, 1.165) is 31.4 Å². The molecule has 0 radical (unpaired) electrons. The highest BCUT2D eigenvalue weighted by Gasteiger charge is 2.25. The Bertz CT molecular complexity index is 495. The van der Waals surface area contributed by atoms with Crippen LogP contribution in [0.5, 0.6) is 0 Å². The predicted octanol–water partition coefficient (Wildman–Crippen LogP) is 3.81. The van der Waals surface area contributed by atoms with Crippen LogP contribution in [-0.4, -0.2) is 53.5 Å². The number of nitrogens with zero attached hydrogens (tertiary/aromatic N) is 3. The highest BCUT2D eigenvalue weighted by molar-refractivity contribution is 5.45. The Morgan fingerprint density at radius 3 is 2.57 bits per heavy atom. The molecule has 2 rings (SSSR count). The molecule has 0 aromatic carbocycles. The van der Waals surface area contributed by atoms with Crippen molar-refractivity contribution in [3.63, 3.8) is 0 Å². The lowest BCUT2D eigenvalue weighted by molar-refractivity contribution is 0.215. The Hall–Kier alpha value is -1.19. The second-order valence-corrected chi connectivity index (χ2v) is 7.55. The van der Waals surface area contributed by atoms with Crippen molar-refractivity contribution in [1.82, 2.24) is 14.8 Å². The van der Waals surface area contributed by atoms with Crippen LogP contribution in [0, 0.1) is 0 Å². The maximum Gasteiger partial charge on any atom is 0.0627 e. The molecule has 0 N–H and O–H groups in total. The molecule has 23 heavy (non-hydrogen) atoms. The van der Waals surface area contributed by atoms with Crippen LogP contribution in [0.3, 0.4) is 0 Å². The molecular weight excluding hydrogens is 282 g/mol. The van der Waals surface area contributed by atoms with E-state index in [-0.39, 0.29) is 5.41 Å². The van der Waals surface area contributed by atoms with Crippen LogP contribution in [0.4, 0.5) is 0 Å². The van der Waals surface area contributed by atoms with Gasteiger partial charge < -0.3 is 0 Å². The van der Waals surface area contributed by atoms with Gasteiger partial charge in [0.1, 0.15) is 0 Å². The number of likely N-dealkylation sites (N-methyl/N-ethyl adjacent to an activating group) is 1. The molecule has 1 fully saturated rings. The quantitative estimate of drug-likeness (QED) is 0.796. The van der Waals surface area contributed by atoms with Gasteiger partial charge in [0, 0.05) is 31.9 Å². The zero-order chi connectivity index (χ0) is 16.9. The van der Waals surface area contributed by atoms with Crippen LogP contribution < -0.4 is 0 Å². The summed E-state index contributed by atoms with van der Waals surface area (Å²) in [7, 11) is 0. The van der Waals surface area contributed by atoms with Crippen molar-refractivity contribution in [2.45, 2.75) is 52.5 Å². The lowest BCUT2D eigenvalue weighted by atomic mass is 9.88. The van der Waals surface area contributed by atoms with E-state index in [1.54, 1.807) is 0 Å². The summed E-state index contributed by atoms with van der Waals surface area (Å²) in [4.78, 5) is 9.69. The minimum absolute atomic E-state index is 0.171. The average molecular weight is 316 g/mol. The Labute approximate surface area is 142 Å². The predicted molar refractivity (Wildman–Crippen MR) is 99.7 cm³/mol. The molecular formula is C20H33N3. The summed E-state index contributed by atoms with van der Waals surface area (Å²) >= 11 is 0. The molecule has 0 aliphatic carbocycles. The topological polar surface area (TPSA) is 19.4 Å². The highest BCUT2D eigenvalue weighted by atomic mass is 15.2. The second kappa shape index (κ2) is 8.07. The first-order chi connectivity index (χ1) is 10.9. The molecule has 0 amide bonds. The number of rotatable bonds is 6. The molecule has 3 nitrogen and oxygen atoms in total. The molecule has 3 heteroatoms. The van der Waals surface area contributed by atoms with E-state index >= 15 is 0 Å². The van der Waals surface area contributed by atoms with Crippen molar-refractivity contribution in [2.75, 3.05) is 32.7 Å². The van der Waals surface area contributed by atoms with Gasteiger partial charge in [-0.2, -0.15) is 0 Å². The van der Waals surface area contributed by atoms with E-state index in [9.17, 15) is 0 Å². The van der Waals surface area contributed by atoms with Gasteiger partial charge in [0.25, 0.3) is 0 Å². The smallest absolute Gasteiger partial charge is 0.0627 e. The maximum atomic E-state index is 4.57. The minimum Gasteiger partial charge on any atom is -0.300 e. The summed E-state index contributed by atoms with van der Waals surface area (Å²) in [5.74, 6) is 0. The molecule has 1 unspecified atom stereocenters. The number of likely N-dealkylation sites (tertiary alicyclic amines) is 1. The van der Waals surface area contributed by atoms with Gasteiger partial charge in [-0.1, -0.05) is 46.8 Å². The van der Waals surface area contributed by atoms with E-state index in [2.05, 4.69) is 73.7 Å². The van der Waals surface area contributed by atoms with Gasteiger partial charge in [0.2, 0.25) is 0 Å². The van der Waals surface area contributed by atoms with Crippen molar-refractivity contribution in [3.05, 3.63) is 35.7 Å². The van der Waals surface area contributed by atoms with E-state index in [0.29, 0.717) is 0 Å². The van der Waals surface area contributed by atoms with Gasteiger partial charge in [-0.05, 0) is 42.6 Å². The van der Waals surface area contributed by atoms with Crippen LogP contribution in [0.15, 0.2) is 24.4 Å². The van der Waals surface area contributed by atoms with Crippen molar-refractivity contribution < 1.29 is 0 Å². The zero-order valence-corrected chi connectivity index (χ0v) is 15.5. The summed E-state index contributed by atoms with van der Waals surface area (Å²) in [5.41, 5.74) is 2.51. The Balaban J connectivity index is 1.83. The van der Waals surface area contributed by atoms with Gasteiger partial charge in [-0.15, -0.1) is 0 Å². The molecule has 1 aliphatic heterocycles. The SMILES string of the molecule is CCN(CC)C1CCN(C/C=C/c2ccc(C(C)(C)C)cn2)C1. The van der Waals surface area contributed by atoms with Gasteiger partial charge >= 0.3 is 0 Å². The zero-order valence-electron chi connectivity index (χ0n) is 15.5. The first-order valence-electron chi connectivity index (χ1n) is 9.03. The largest absolute Gasteiger partial charge is 0.300 e. The molecule has 0 spiro atoms. The summed E-state index contributed by atoms with van der Waals surface area (Å²) in [6.45, 7) is 16.9. The molecule has 1 aromatic rings. The summed E-state index contributed by atoms with van der Waals surface area (Å²) < 4.78 is 0. The fourth-order valence-corrected chi connectivity index (χ4v) is 3.29. The molecule has 128 valence electrons. The molecule has 0 saturated carbocycles. The minimum atomic E-state index is 0.171. The fourth-order valence-electron chi connectivity index (χ4n) is 3.29. The molecule has 0 bridgehead atoms. The van der Waals surface area contributed by atoms with Crippen molar-refractivity contribution in [2.24, 2.45) is 0 Å². The van der Waals surface area contributed by atoms with E-state index in [1.807, 2.05) is 6.20 Å². The van der Waals surface area contributed by atoms with Gasteiger partial charge in [-0.3, -0.25) is 14.8 Å². The monoisotopic (exact) mass is 315 g/mol. The van der Waals surface area contributed by atoms with Crippen LogP contribution in [0.1, 0.15) is 52.3 Å². The maximum absolute atomic E-state index is 4.57. The first kappa shape index (κ1) is 18.2. The summed E-state index contributed by atoms with van der Waals surface area (Å²) in [6, 6.07) is 5.06. The molecule has 2 heterocycles. The first-order valence-corrected chi connectivity index (χ1v) is 9.03. The fraction of sp³-hybridized carbons (Fsp3) is 0.650. The molecule has 1 atom stereocenters. The van der Waals surface area contributed by atoms with Crippen LogP contribution >= 0.6 is 0 Å². The van der Waals surface area contributed by atoms with E-state index < -0.39 is 0 Å². The number of hydrogen-bond donors (Lipinski definition) is 0. The molecule has 1 saturated heterocycles. The van der Waals surface area contributed by atoms with Gasteiger partial charge in [0.15, 0.2) is 0 Å². The standard InChI is InChI=1S/C20H33N3/c1-6-23(7-2)19-12-14-22(16-19)13-8-9-18-11-10-17(15-21-18)20(3,4)5/h8-11,15,19H,6-7,12-14,16H2,1-5H3/b9-8+. The Morgan fingerprint density at radius 1 is 1.26 bits per heavy atom. The number of aromatic nitrogens is 1. The van der Waals surface area contributed by atoms with Crippen molar-refractivity contribution in [1.29, 1.82) is 0 Å². The van der Waals surface area contributed by atoms with Crippen LogP contribution in [-0.2, 0) is 5.41 Å². The van der Waals surface area contributed by atoms with Gasteiger partial charge in [0.05, 0.1) is 5.69 Å². The molecule has 1 aromatic heterocycles.